The number of ether oxygens (including phenoxy) is 1. The molecule has 0 aliphatic carbocycles. The monoisotopic (exact) mass is 205 g/mol. The molecule has 0 aromatic heterocycles. The van der Waals surface area contributed by atoms with Gasteiger partial charge in [0.1, 0.15) is 0 Å². The van der Waals surface area contributed by atoms with Gasteiger partial charge in [0.25, 0.3) is 0 Å². The highest BCUT2D eigenvalue weighted by Gasteiger charge is 2.21. The van der Waals surface area contributed by atoms with Crippen LogP contribution in [0.25, 0.3) is 0 Å². The Hall–Kier alpha value is -0.860. The lowest BCUT2D eigenvalue weighted by Gasteiger charge is -2.28. The van der Waals surface area contributed by atoms with Crippen LogP contribution >= 0.6 is 0 Å². The van der Waals surface area contributed by atoms with Gasteiger partial charge in [0.15, 0.2) is 0 Å². The van der Waals surface area contributed by atoms with Crippen molar-refractivity contribution in [3.05, 3.63) is 35.9 Å². The molecule has 0 amide bonds. The minimum Gasteiger partial charge on any atom is -0.377 e. The molecule has 1 aromatic rings. The predicted octanol–water partition coefficient (Wildman–Crippen LogP) is 2.13. The lowest BCUT2D eigenvalue weighted by Crippen LogP contribution is -2.40. The van der Waals surface area contributed by atoms with E-state index in [0.29, 0.717) is 0 Å². The van der Waals surface area contributed by atoms with Crippen molar-refractivity contribution in [1.29, 1.82) is 0 Å². The van der Waals surface area contributed by atoms with Gasteiger partial charge in [-0.05, 0) is 31.2 Å². The molecule has 1 fully saturated rings. The number of benzene rings is 1. The summed E-state index contributed by atoms with van der Waals surface area (Å²) in [7, 11) is 0. The maximum atomic E-state index is 6.16. The summed E-state index contributed by atoms with van der Waals surface area (Å²) in [5.74, 6) is 0. The molecule has 82 valence electrons. The van der Waals surface area contributed by atoms with Gasteiger partial charge in [0.2, 0.25) is 0 Å². The third kappa shape index (κ3) is 3.05. The average molecular weight is 205 g/mol. The minimum atomic E-state index is 0.146. The van der Waals surface area contributed by atoms with Crippen molar-refractivity contribution in [3.8, 4) is 0 Å². The zero-order chi connectivity index (χ0) is 10.5. The van der Waals surface area contributed by atoms with E-state index in [0.717, 1.165) is 19.4 Å². The molecular weight excluding hydrogens is 186 g/mol. The molecule has 2 nitrogen and oxygen atoms in total. The summed E-state index contributed by atoms with van der Waals surface area (Å²) in [4.78, 5) is 0. The highest BCUT2D eigenvalue weighted by Crippen LogP contribution is 2.17. The first-order chi connectivity index (χ1) is 7.36. The van der Waals surface area contributed by atoms with E-state index in [2.05, 4.69) is 24.3 Å². The normalized spacial score (nSPS) is 23.7. The quantitative estimate of drug-likeness (QED) is 0.820. The fraction of sp³-hybridized carbons (Fsp3) is 0.538. The first-order valence-corrected chi connectivity index (χ1v) is 5.77. The van der Waals surface area contributed by atoms with E-state index in [1.807, 2.05) is 6.07 Å². The third-order valence-electron chi connectivity index (χ3n) is 3.01. The Morgan fingerprint density at radius 2 is 2.07 bits per heavy atom. The zero-order valence-electron chi connectivity index (χ0n) is 9.06. The first kappa shape index (κ1) is 10.7. The van der Waals surface area contributed by atoms with Crippen molar-refractivity contribution in [3.63, 3.8) is 0 Å². The summed E-state index contributed by atoms with van der Waals surface area (Å²) in [6.45, 7) is 0.882. The van der Waals surface area contributed by atoms with Gasteiger partial charge in [0, 0.05) is 12.6 Å². The molecule has 1 aliphatic heterocycles. The molecule has 2 rings (SSSR count). The van der Waals surface area contributed by atoms with Gasteiger partial charge in [-0.2, -0.15) is 0 Å². The van der Waals surface area contributed by atoms with Crippen LogP contribution < -0.4 is 5.73 Å². The van der Waals surface area contributed by atoms with Crippen molar-refractivity contribution in [2.24, 2.45) is 5.73 Å². The lowest BCUT2D eigenvalue weighted by atomic mass is 9.97. The maximum absolute atomic E-state index is 6.16. The molecule has 1 saturated heterocycles. The van der Waals surface area contributed by atoms with Crippen molar-refractivity contribution in [2.45, 2.75) is 37.8 Å². The Kier molecular flexibility index (Phi) is 3.75. The zero-order valence-corrected chi connectivity index (χ0v) is 9.06. The van der Waals surface area contributed by atoms with Gasteiger partial charge < -0.3 is 10.5 Å². The summed E-state index contributed by atoms with van der Waals surface area (Å²) < 4.78 is 5.69. The van der Waals surface area contributed by atoms with Crippen LogP contribution in [0.3, 0.4) is 0 Å². The van der Waals surface area contributed by atoms with Gasteiger partial charge in [-0.15, -0.1) is 0 Å². The highest BCUT2D eigenvalue weighted by atomic mass is 16.5. The molecule has 2 atom stereocenters. The molecule has 1 heterocycles. The molecule has 2 unspecified atom stereocenters. The molecule has 0 radical (unpaired) electrons. The van der Waals surface area contributed by atoms with Crippen LogP contribution in [0.5, 0.6) is 0 Å². The smallest absolute Gasteiger partial charge is 0.0729 e. The molecule has 1 aromatic carbocycles. The fourth-order valence-corrected chi connectivity index (χ4v) is 2.12. The van der Waals surface area contributed by atoms with Crippen LogP contribution in [0.4, 0.5) is 0 Å². The van der Waals surface area contributed by atoms with Crippen LogP contribution in [0.15, 0.2) is 30.3 Å². The molecule has 2 N–H and O–H groups in total. The second kappa shape index (κ2) is 5.29. The number of hydrogen-bond acceptors (Lipinski definition) is 2. The molecule has 0 bridgehead atoms. The van der Waals surface area contributed by atoms with Gasteiger partial charge in [0.05, 0.1) is 6.10 Å². The fourth-order valence-electron chi connectivity index (χ4n) is 2.12. The number of rotatable bonds is 3. The van der Waals surface area contributed by atoms with Crippen LogP contribution in [0.1, 0.15) is 24.8 Å². The maximum Gasteiger partial charge on any atom is 0.0729 e. The van der Waals surface area contributed by atoms with E-state index < -0.39 is 0 Å². The van der Waals surface area contributed by atoms with E-state index in [-0.39, 0.29) is 12.1 Å². The Bertz CT molecular complexity index is 280. The number of nitrogens with two attached hydrogens (primary N) is 1. The van der Waals surface area contributed by atoms with E-state index in [4.69, 9.17) is 10.5 Å². The topological polar surface area (TPSA) is 35.2 Å². The summed E-state index contributed by atoms with van der Waals surface area (Å²) in [6.07, 6.45) is 4.75. The summed E-state index contributed by atoms with van der Waals surface area (Å²) >= 11 is 0. The third-order valence-corrected chi connectivity index (χ3v) is 3.01. The minimum absolute atomic E-state index is 0.146. The predicted molar refractivity (Wildman–Crippen MR) is 61.7 cm³/mol. The summed E-state index contributed by atoms with van der Waals surface area (Å²) in [5.41, 5.74) is 7.46. The molecular formula is C13H19NO. The van der Waals surface area contributed by atoms with E-state index >= 15 is 0 Å². The molecule has 0 saturated carbocycles. The van der Waals surface area contributed by atoms with Gasteiger partial charge >= 0.3 is 0 Å². The Morgan fingerprint density at radius 3 is 2.73 bits per heavy atom. The SMILES string of the molecule is NC(Cc1ccccc1)C1CCCCO1. The second-order valence-electron chi connectivity index (χ2n) is 4.26. The van der Waals surface area contributed by atoms with Gasteiger partial charge in [-0.3, -0.25) is 0 Å². The first-order valence-electron chi connectivity index (χ1n) is 5.77. The molecule has 1 aliphatic rings. The Balaban J connectivity index is 1.88. The van der Waals surface area contributed by atoms with Crippen molar-refractivity contribution < 1.29 is 4.74 Å². The molecule has 15 heavy (non-hydrogen) atoms. The van der Waals surface area contributed by atoms with Crippen LogP contribution in [0, 0.1) is 0 Å². The van der Waals surface area contributed by atoms with Crippen LogP contribution in [-0.2, 0) is 11.2 Å². The summed E-state index contributed by atoms with van der Waals surface area (Å²) in [5, 5.41) is 0. The lowest BCUT2D eigenvalue weighted by molar-refractivity contribution is 0.000635. The highest BCUT2D eigenvalue weighted by molar-refractivity contribution is 5.16. The summed E-state index contributed by atoms with van der Waals surface area (Å²) in [6, 6.07) is 10.6. The molecule has 0 spiro atoms. The largest absolute Gasteiger partial charge is 0.377 e. The van der Waals surface area contributed by atoms with E-state index in [1.54, 1.807) is 0 Å². The van der Waals surface area contributed by atoms with Crippen molar-refractivity contribution in [2.75, 3.05) is 6.61 Å². The molecule has 2 heteroatoms. The number of hydrogen-bond donors (Lipinski definition) is 1. The van der Waals surface area contributed by atoms with Gasteiger partial charge in [-0.25, -0.2) is 0 Å². The standard InChI is InChI=1S/C13H19NO/c14-12(13-8-4-5-9-15-13)10-11-6-2-1-3-7-11/h1-3,6-7,12-13H,4-5,8-10,14H2. The van der Waals surface area contributed by atoms with Crippen LogP contribution in [0.2, 0.25) is 0 Å². The van der Waals surface area contributed by atoms with Crippen LogP contribution in [-0.4, -0.2) is 18.8 Å². The Morgan fingerprint density at radius 1 is 1.27 bits per heavy atom. The van der Waals surface area contributed by atoms with E-state index in [9.17, 15) is 0 Å². The van der Waals surface area contributed by atoms with Crippen molar-refractivity contribution in [1.82, 2.24) is 0 Å². The second-order valence-corrected chi connectivity index (χ2v) is 4.26. The van der Waals surface area contributed by atoms with Crippen molar-refractivity contribution >= 4 is 0 Å². The van der Waals surface area contributed by atoms with Gasteiger partial charge in [-0.1, -0.05) is 30.3 Å². The average Bonchev–Trinajstić information content (AvgIpc) is 2.31. The Labute approximate surface area is 91.4 Å². The van der Waals surface area contributed by atoms with E-state index in [1.165, 1.54) is 18.4 Å².